The maximum Gasteiger partial charge on any atom is 0.349 e. The molecule has 0 radical (unpaired) electrons. The van der Waals surface area contributed by atoms with E-state index < -0.39 is 11.9 Å². The van der Waals surface area contributed by atoms with Gasteiger partial charge in [0.1, 0.15) is 21.5 Å². The van der Waals surface area contributed by atoms with Gasteiger partial charge >= 0.3 is 5.97 Å². The molecule has 3 rings (SSSR count). The highest BCUT2D eigenvalue weighted by atomic mass is 32.1. The number of fused-ring (bicyclic) bond motifs is 1. The van der Waals surface area contributed by atoms with E-state index in [1.54, 1.807) is 0 Å². The van der Waals surface area contributed by atoms with Crippen LogP contribution in [0.5, 0.6) is 0 Å². The van der Waals surface area contributed by atoms with Crippen LogP contribution in [0.2, 0.25) is 0 Å². The van der Waals surface area contributed by atoms with Gasteiger partial charge in [-0.25, -0.2) is 4.79 Å². The molecule has 3 N–H and O–H groups in total. The maximum atomic E-state index is 12.3. The molecule has 0 aliphatic carbocycles. The van der Waals surface area contributed by atoms with Crippen LogP contribution in [-0.4, -0.2) is 24.0 Å². The third kappa shape index (κ3) is 3.97. The van der Waals surface area contributed by atoms with Crippen molar-refractivity contribution in [3.05, 3.63) is 37.9 Å². The van der Waals surface area contributed by atoms with Crippen molar-refractivity contribution >= 4 is 39.6 Å². The van der Waals surface area contributed by atoms with Gasteiger partial charge in [-0.3, -0.25) is 4.79 Å². The quantitative estimate of drug-likeness (QED) is 0.746. The van der Waals surface area contributed by atoms with Gasteiger partial charge < -0.3 is 15.4 Å². The smallest absolute Gasteiger partial charge is 0.349 e. The number of amides is 1. The SMILES string of the molecule is Cc1ccsc1C(=O)OCC(=O)Nc1sc2c(c1C#N)CC(C)(C)[NH2+]C2(C)C. The number of nitrogens with one attached hydrogen (secondary N) is 1. The van der Waals surface area contributed by atoms with Crippen molar-refractivity contribution in [1.82, 2.24) is 0 Å². The van der Waals surface area contributed by atoms with Crippen molar-refractivity contribution in [2.24, 2.45) is 0 Å². The van der Waals surface area contributed by atoms with Gasteiger partial charge in [0.25, 0.3) is 5.91 Å². The lowest BCUT2D eigenvalue weighted by molar-refractivity contribution is -0.789. The molecule has 1 amide bonds. The molecule has 28 heavy (non-hydrogen) atoms. The highest BCUT2D eigenvalue weighted by Gasteiger charge is 2.44. The summed E-state index contributed by atoms with van der Waals surface area (Å²) in [5.41, 5.74) is 2.14. The van der Waals surface area contributed by atoms with Crippen molar-refractivity contribution in [2.75, 3.05) is 11.9 Å². The maximum absolute atomic E-state index is 12.3. The summed E-state index contributed by atoms with van der Waals surface area (Å²) in [7, 11) is 0. The lowest BCUT2D eigenvalue weighted by Crippen LogP contribution is -3.03. The number of hydrogen-bond donors (Lipinski definition) is 2. The number of carbonyl (C=O) groups excluding carboxylic acids is 2. The summed E-state index contributed by atoms with van der Waals surface area (Å²) < 4.78 is 5.13. The van der Waals surface area contributed by atoms with Crippen LogP contribution in [0.15, 0.2) is 11.4 Å². The number of hydrogen-bond acceptors (Lipinski definition) is 6. The second-order valence-electron chi connectivity index (χ2n) is 8.31. The highest BCUT2D eigenvalue weighted by Crippen LogP contribution is 2.41. The standard InChI is InChI=1S/C20H23N3O3S2/c1-11-6-7-27-15(11)18(25)26-10-14(24)22-17-13(9-21)12-8-19(2,3)23-20(4,5)16(12)28-17/h6-7,23H,8,10H2,1-5H3,(H,22,24)/p+1. The fourth-order valence-electron chi connectivity index (χ4n) is 3.85. The molecule has 1 aliphatic heterocycles. The number of carbonyl (C=O) groups is 2. The van der Waals surface area contributed by atoms with E-state index in [0.717, 1.165) is 22.4 Å². The normalized spacial score (nSPS) is 16.7. The van der Waals surface area contributed by atoms with E-state index in [4.69, 9.17) is 4.74 Å². The lowest BCUT2D eigenvalue weighted by Gasteiger charge is -2.38. The molecule has 6 nitrogen and oxygen atoms in total. The summed E-state index contributed by atoms with van der Waals surface area (Å²) in [5.74, 6) is -0.954. The van der Waals surface area contributed by atoms with E-state index in [0.29, 0.717) is 15.4 Å². The van der Waals surface area contributed by atoms with Crippen LogP contribution in [0.4, 0.5) is 5.00 Å². The van der Waals surface area contributed by atoms with E-state index in [1.807, 2.05) is 18.4 Å². The molecule has 0 atom stereocenters. The number of nitrogens with two attached hydrogens (primary N) is 1. The van der Waals surface area contributed by atoms with Gasteiger partial charge in [-0.2, -0.15) is 5.26 Å². The van der Waals surface area contributed by atoms with Crippen molar-refractivity contribution in [3.8, 4) is 6.07 Å². The summed E-state index contributed by atoms with van der Waals surface area (Å²) >= 11 is 2.72. The number of rotatable bonds is 4. The van der Waals surface area contributed by atoms with Gasteiger partial charge in [0.05, 0.1) is 16.0 Å². The second kappa shape index (κ2) is 7.32. The molecule has 1 aliphatic rings. The first-order chi connectivity index (χ1) is 13.0. The van der Waals surface area contributed by atoms with Gasteiger partial charge in [-0.05, 0) is 57.2 Å². The zero-order valence-electron chi connectivity index (χ0n) is 16.6. The Morgan fingerprint density at radius 1 is 1.36 bits per heavy atom. The number of anilines is 1. The molecule has 8 heteroatoms. The second-order valence-corrected chi connectivity index (χ2v) is 10.3. The molecule has 0 bridgehead atoms. The lowest BCUT2D eigenvalue weighted by atomic mass is 9.81. The third-order valence-corrected chi connectivity index (χ3v) is 7.21. The van der Waals surface area contributed by atoms with Crippen molar-refractivity contribution in [3.63, 3.8) is 0 Å². The number of ether oxygens (including phenoxy) is 1. The Morgan fingerprint density at radius 2 is 2.07 bits per heavy atom. The monoisotopic (exact) mass is 418 g/mol. The molecule has 0 unspecified atom stereocenters. The number of quaternary nitrogens is 1. The zero-order valence-corrected chi connectivity index (χ0v) is 18.3. The fourth-order valence-corrected chi connectivity index (χ4v) is 5.93. The molecule has 0 fully saturated rings. The van der Waals surface area contributed by atoms with Crippen molar-refractivity contribution in [2.45, 2.75) is 52.1 Å². The number of nitrogens with zero attached hydrogens (tertiary/aromatic N) is 1. The topological polar surface area (TPSA) is 95.8 Å². The fraction of sp³-hybridized carbons (Fsp3) is 0.450. The number of nitriles is 1. The molecular formula is C20H24N3O3S2+. The average molecular weight is 419 g/mol. The number of esters is 1. The van der Waals surface area contributed by atoms with E-state index in [-0.39, 0.29) is 17.7 Å². The first-order valence-electron chi connectivity index (χ1n) is 8.98. The summed E-state index contributed by atoms with van der Waals surface area (Å²) in [5, 5.41) is 17.1. The van der Waals surface area contributed by atoms with Crippen LogP contribution in [0, 0.1) is 18.3 Å². The van der Waals surface area contributed by atoms with Crippen LogP contribution in [-0.2, 0) is 21.5 Å². The molecule has 0 aromatic carbocycles. The Balaban J connectivity index is 1.75. The zero-order chi connectivity index (χ0) is 20.7. The number of aryl methyl sites for hydroxylation is 1. The van der Waals surface area contributed by atoms with Gasteiger partial charge in [-0.15, -0.1) is 22.7 Å². The predicted octanol–water partition coefficient (Wildman–Crippen LogP) is 2.92. The molecule has 3 heterocycles. The molecule has 0 saturated heterocycles. The summed E-state index contributed by atoms with van der Waals surface area (Å²) in [6.07, 6.45) is 0.758. The third-order valence-electron chi connectivity index (χ3n) is 4.72. The van der Waals surface area contributed by atoms with E-state index in [9.17, 15) is 14.9 Å². The van der Waals surface area contributed by atoms with Crippen LogP contribution in [0.25, 0.3) is 0 Å². The molecule has 2 aromatic heterocycles. The highest BCUT2D eigenvalue weighted by molar-refractivity contribution is 7.17. The minimum Gasteiger partial charge on any atom is -0.451 e. The summed E-state index contributed by atoms with van der Waals surface area (Å²) in [6, 6.07) is 4.09. The van der Waals surface area contributed by atoms with Crippen LogP contribution >= 0.6 is 22.7 Å². The molecule has 2 aromatic rings. The minimum atomic E-state index is -0.508. The Bertz CT molecular complexity index is 979. The minimum absolute atomic E-state index is 0.0292. The molecule has 0 saturated carbocycles. The predicted molar refractivity (Wildman–Crippen MR) is 110 cm³/mol. The molecule has 0 spiro atoms. The Labute approximate surface area is 172 Å². The van der Waals surface area contributed by atoms with Crippen LogP contribution in [0.3, 0.4) is 0 Å². The van der Waals surface area contributed by atoms with Crippen LogP contribution < -0.4 is 10.6 Å². The van der Waals surface area contributed by atoms with Crippen LogP contribution in [0.1, 0.15) is 58.9 Å². The Morgan fingerprint density at radius 3 is 2.68 bits per heavy atom. The van der Waals surface area contributed by atoms with Gasteiger partial charge in [0.2, 0.25) is 0 Å². The molecular weight excluding hydrogens is 394 g/mol. The average Bonchev–Trinajstić information content (AvgIpc) is 3.14. The number of thiophene rings is 2. The van der Waals surface area contributed by atoms with E-state index >= 15 is 0 Å². The molecule has 148 valence electrons. The first kappa shape index (κ1) is 20.5. The van der Waals surface area contributed by atoms with Crippen molar-refractivity contribution in [1.29, 1.82) is 5.26 Å². The van der Waals surface area contributed by atoms with Gasteiger partial charge in [0, 0.05) is 6.42 Å². The van der Waals surface area contributed by atoms with Crippen molar-refractivity contribution < 1.29 is 19.6 Å². The largest absolute Gasteiger partial charge is 0.451 e. The first-order valence-corrected chi connectivity index (χ1v) is 10.7. The Kier molecular flexibility index (Phi) is 5.36. The van der Waals surface area contributed by atoms with E-state index in [1.165, 1.54) is 22.7 Å². The Hall–Kier alpha value is -2.21. The van der Waals surface area contributed by atoms with E-state index in [2.05, 4.69) is 44.4 Å². The summed E-state index contributed by atoms with van der Waals surface area (Å²) in [6.45, 7) is 10.00. The van der Waals surface area contributed by atoms with Gasteiger partial charge in [-0.1, -0.05) is 0 Å². The van der Waals surface area contributed by atoms with Gasteiger partial charge in [0.15, 0.2) is 6.61 Å². The summed E-state index contributed by atoms with van der Waals surface area (Å²) in [4.78, 5) is 26.0.